The number of nitrogens with zero attached hydrogens (tertiary/aromatic N) is 2. The molecule has 0 aliphatic carbocycles. The second-order valence-corrected chi connectivity index (χ2v) is 8.32. The molecule has 0 saturated carbocycles. The van der Waals surface area contributed by atoms with Gasteiger partial charge in [0, 0.05) is 22.8 Å². The van der Waals surface area contributed by atoms with E-state index in [0.717, 1.165) is 11.9 Å². The van der Waals surface area contributed by atoms with E-state index in [9.17, 15) is 14.9 Å². The number of anilines is 1. The number of nitro benzene ring substituents is 1. The molecule has 1 amide bonds. The summed E-state index contributed by atoms with van der Waals surface area (Å²) in [6.45, 7) is 5.85. The number of nitrogens with one attached hydrogen (secondary N) is 1. The van der Waals surface area contributed by atoms with Crippen LogP contribution in [0.2, 0.25) is 5.02 Å². The molecule has 0 fully saturated rings. The number of benzene rings is 3. The van der Waals surface area contributed by atoms with Crippen molar-refractivity contribution in [2.45, 2.75) is 33.1 Å². The van der Waals surface area contributed by atoms with Crippen molar-refractivity contribution in [3.8, 4) is 11.5 Å². The minimum absolute atomic E-state index is 0.120. The molecule has 8 heteroatoms. The molecule has 4 aromatic rings. The van der Waals surface area contributed by atoms with Crippen molar-refractivity contribution in [2.24, 2.45) is 0 Å². The number of carbonyl (C=O) groups excluding carboxylic acids is 1. The summed E-state index contributed by atoms with van der Waals surface area (Å²) in [6, 6.07) is 15.4. The van der Waals surface area contributed by atoms with Gasteiger partial charge in [-0.05, 0) is 61.2 Å². The molecule has 1 atom stereocenters. The van der Waals surface area contributed by atoms with Crippen molar-refractivity contribution < 1.29 is 14.1 Å². The van der Waals surface area contributed by atoms with Crippen LogP contribution in [0.4, 0.5) is 11.4 Å². The highest BCUT2D eigenvalue weighted by Gasteiger charge is 2.19. The lowest BCUT2D eigenvalue weighted by atomic mass is 9.98. The van der Waals surface area contributed by atoms with Crippen molar-refractivity contribution in [1.29, 1.82) is 0 Å². The van der Waals surface area contributed by atoms with E-state index >= 15 is 0 Å². The second kappa shape index (κ2) is 9.03. The summed E-state index contributed by atoms with van der Waals surface area (Å²) in [6.07, 6.45) is 1.03. The maximum Gasteiger partial charge on any atom is 0.273 e. The lowest BCUT2D eigenvalue weighted by molar-refractivity contribution is -0.385. The van der Waals surface area contributed by atoms with Gasteiger partial charge in [0.05, 0.1) is 15.6 Å². The van der Waals surface area contributed by atoms with Crippen LogP contribution in [-0.4, -0.2) is 15.8 Å². The SMILES string of the molecule is CC[C@H](C)c1ccc2oc(-c3ccc(Cl)c(NC(=O)c4cccc([N+](=O)[O-])c4C)c3)nc2c1. The number of halogens is 1. The molecule has 7 nitrogen and oxygen atoms in total. The fourth-order valence-electron chi connectivity index (χ4n) is 3.62. The summed E-state index contributed by atoms with van der Waals surface area (Å²) in [7, 11) is 0. The zero-order valence-corrected chi connectivity index (χ0v) is 19.1. The molecule has 3 aromatic carbocycles. The minimum Gasteiger partial charge on any atom is -0.436 e. The van der Waals surface area contributed by atoms with E-state index in [-0.39, 0.29) is 16.8 Å². The van der Waals surface area contributed by atoms with Gasteiger partial charge in [-0.3, -0.25) is 14.9 Å². The lowest BCUT2D eigenvalue weighted by Crippen LogP contribution is -2.14. The molecule has 0 aliphatic heterocycles. The van der Waals surface area contributed by atoms with Gasteiger partial charge in [0.25, 0.3) is 11.6 Å². The first-order valence-electron chi connectivity index (χ1n) is 10.5. The predicted octanol–water partition coefficient (Wildman–Crippen LogP) is 7.13. The van der Waals surface area contributed by atoms with Crippen LogP contribution in [0, 0.1) is 17.0 Å². The number of fused-ring (bicyclic) bond motifs is 1. The van der Waals surface area contributed by atoms with Gasteiger partial charge in [-0.25, -0.2) is 4.98 Å². The molecular formula is C25H22ClN3O4. The Bertz CT molecular complexity index is 1380. The summed E-state index contributed by atoms with van der Waals surface area (Å²) in [5.41, 5.74) is 3.99. The van der Waals surface area contributed by atoms with E-state index < -0.39 is 10.8 Å². The first-order chi connectivity index (χ1) is 15.8. The van der Waals surface area contributed by atoms with Gasteiger partial charge in [-0.15, -0.1) is 0 Å². The second-order valence-electron chi connectivity index (χ2n) is 7.91. The summed E-state index contributed by atoms with van der Waals surface area (Å²) >= 11 is 6.31. The smallest absolute Gasteiger partial charge is 0.273 e. The average Bonchev–Trinajstić information content (AvgIpc) is 3.23. The molecular weight excluding hydrogens is 442 g/mol. The minimum atomic E-state index is -0.514. The molecule has 0 aliphatic rings. The number of oxazole rings is 1. The molecule has 0 saturated heterocycles. The van der Waals surface area contributed by atoms with Gasteiger partial charge in [-0.2, -0.15) is 0 Å². The Morgan fingerprint density at radius 3 is 2.73 bits per heavy atom. The first-order valence-corrected chi connectivity index (χ1v) is 10.9. The van der Waals surface area contributed by atoms with Crippen LogP contribution < -0.4 is 5.32 Å². The molecule has 0 spiro atoms. The summed E-state index contributed by atoms with van der Waals surface area (Å²) in [5.74, 6) is 0.333. The predicted molar refractivity (Wildman–Crippen MR) is 129 cm³/mol. The van der Waals surface area contributed by atoms with E-state index in [2.05, 4.69) is 24.1 Å². The largest absolute Gasteiger partial charge is 0.436 e. The number of hydrogen-bond acceptors (Lipinski definition) is 5. The van der Waals surface area contributed by atoms with Gasteiger partial charge in [0.2, 0.25) is 5.89 Å². The van der Waals surface area contributed by atoms with Gasteiger partial charge in [0.1, 0.15) is 5.52 Å². The number of rotatable bonds is 6. The van der Waals surface area contributed by atoms with E-state index in [1.54, 1.807) is 18.2 Å². The van der Waals surface area contributed by atoms with Crippen molar-refractivity contribution >= 4 is 40.0 Å². The normalized spacial score (nSPS) is 12.0. The molecule has 1 N–H and O–H groups in total. The Hall–Kier alpha value is -3.71. The van der Waals surface area contributed by atoms with Crippen LogP contribution in [0.1, 0.15) is 47.7 Å². The molecule has 1 aromatic heterocycles. The summed E-state index contributed by atoms with van der Waals surface area (Å²) < 4.78 is 5.93. The number of nitro groups is 1. The first kappa shape index (κ1) is 22.5. The van der Waals surface area contributed by atoms with E-state index in [4.69, 9.17) is 16.0 Å². The highest BCUT2D eigenvalue weighted by atomic mass is 35.5. The number of hydrogen-bond donors (Lipinski definition) is 1. The van der Waals surface area contributed by atoms with Gasteiger partial charge < -0.3 is 9.73 Å². The summed E-state index contributed by atoms with van der Waals surface area (Å²) in [4.78, 5) is 28.1. The Morgan fingerprint density at radius 2 is 2.00 bits per heavy atom. The highest BCUT2D eigenvalue weighted by molar-refractivity contribution is 6.34. The van der Waals surface area contributed by atoms with Crippen LogP contribution in [0.15, 0.2) is 59.0 Å². The molecule has 0 unspecified atom stereocenters. The molecule has 0 bridgehead atoms. The third kappa shape index (κ3) is 4.45. The number of aromatic nitrogens is 1. The van der Waals surface area contributed by atoms with Crippen molar-refractivity contribution in [2.75, 3.05) is 5.32 Å². The summed E-state index contributed by atoms with van der Waals surface area (Å²) in [5, 5.41) is 14.3. The van der Waals surface area contributed by atoms with E-state index in [1.807, 2.05) is 18.2 Å². The van der Waals surface area contributed by atoms with Gasteiger partial charge in [0.15, 0.2) is 5.58 Å². The third-order valence-electron chi connectivity index (χ3n) is 5.80. The molecule has 1 heterocycles. The molecule has 168 valence electrons. The molecule has 0 radical (unpaired) electrons. The zero-order chi connectivity index (χ0) is 23.7. The zero-order valence-electron chi connectivity index (χ0n) is 18.4. The molecule has 4 rings (SSSR count). The standard InChI is InChI=1S/C25H22ClN3O4/c1-4-14(2)16-9-11-23-21(12-16)28-25(33-23)17-8-10-19(26)20(13-17)27-24(30)18-6-5-7-22(15(18)3)29(31)32/h5-14H,4H2,1-3H3,(H,27,30)/t14-/m0/s1. The maximum atomic E-state index is 12.8. The number of amides is 1. The average molecular weight is 464 g/mol. The number of carbonyl (C=O) groups is 1. The maximum absolute atomic E-state index is 12.8. The van der Waals surface area contributed by atoms with Crippen LogP contribution in [0.3, 0.4) is 0 Å². The Balaban J connectivity index is 1.65. The Kier molecular flexibility index (Phi) is 6.16. The highest BCUT2D eigenvalue weighted by Crippen LogP contribution is 2.32. The topological polar surface area (TPSA) is 98.3 Å². The fraction of sp³-hybridized carbons (Fsp3) is 0.200. The van der Waals surface area contributed by atoms with Crippen molar-refractivity contribution in [3.63, 3.8) is 0 Å². The van der Waals surface area contributed by atoms with Gasteiger partial charge >= 0.3 is 0 Å². The van der Waals surface area contributed by atoms with Crippen LogP contribution in [0.25, 0.3) is 22.6 Å². The van der Waals surface area contributed by atoms with Gasteiger partial charge in [-0.1, -0.05) is 37.6 Å². The monoisotopic (exact) mass is 463 g/mol. The third-order valence-corrected chi connectivity index (χ3v) is 6.13. The van der Waals surface area contributed by atoms with Crippen molar-refractivity contribution in [1.82, 2.24) is 4.98 Å². The fourth-order valence-corrected chi connectivity index (χ4v) is 3.79. The van der Waals surface area contributed by atoms with Crippen LogP contribution in [0.5, 0.6) is 0 Å². The van der Waals surface area contributed by atoms with Crippen molar-refractivity contribution in [3.05, 3.63) is 86.4 Å². The quantitative estimate of drug-likeness (QED) is 0.242. The lowest BCUT2D eigenvalue weighted by Gasteiger charge is -2.10. The molecule has 33 heavy (non-hydrogen) atoms. The van der Waals surface area contributed by atoms with E-state index in [1.165, 1.54) is 30.7 Å². The Labute approximate surface area is 195 Å². The van der Waals surface area contributed by atoms with Crippen LogP contribution in [-0.2, 0) is 0 Å². The van der Waals surface area contributed by atoms with Crippen LogP contribution >= 0.6 is 11.6 Å². The Morgan fingerprint density at radius 1 is 1.21 bits per heavy atom. The van der Waals surface area contributed by atoms with E-state index in [0.29, 0.717) is 33.7 Å².